The molecule has 0 aromatic rings. The van der Waals surface area contributed by atoms with Crippen LogP contribution in [0.4, 0.5) is 0 Å². The summed E-state index contributed by atoms with van der Waals surface area (Å²) in [4.78, 5) is 18.8. The Hall–Kier alpha value is -1.57. The van der Waals surface area contributed by atoms with Crippen molar-refractivity contribution in [2.75, 3.05) is 26.3 Å². The minimum Gasteiger partial charge on any atom is -0.376 e. The molecule has 0 spiro atoms. The molecule has 5 atom stereocenters. The highest BCUT2D eigenvalue weighted by Crippen LogP contribution is 2.37. The first-order chi connectivity index (χ1) is 16.1. The van der Waals surface area contributed by atoms with Crippen LogP contribution in [0, 0.1) is 34.5 Å². The second-order valence-electron chi connectivity index (χ2n) is 11.4. The van der Waals surface area contributed by atoms with Gasteiger partial charge in [-0.05, 0) is 49.5 Å². The van der Waals surface area contributed by atoms with Crippen molar-refractivity contribution in [2.24, 2.45) is 39.6 Å². The largest absolute Gasteiger partial charge is 0.376 e. The van der Waals surface area contributed by atoms with Crippen LogP contribution in [0.5, 0.6) is 0 Å². The fraction of sp³-hybridized carbons (Fsp3) is 0.880. The number of aliphatic imine (C=N–C) groups is 1. The lowest BCUT2D eigenvalue weighted by Gasteiger charge is -2.39. The van der Waals surface area contributed by atoms with Crippen molar-refractivity contribution in [3.63, 3.8) is 0 Å². The maximum absolute atomic E-state index is 13.6. The number of carbonyl (C=O) groups excluding carboxylic acids is 1. The second kappa shape index (κ2) is 11.9. The van der Waals surface area contributed by atoms with Gasteiger partial charge in [-0.3, -0.25) is 9.79 Å². The van der Waals surface area contributed by atoms with Crippen LogP contribution in [0.15, 0.2) is 4.99 Å². The molecule has 0 saturated carbocycles. The van der Waals surface area contributed by atoms with Crippen molar-refractivity contribution in [1.29, 1.82) is 5.26 Å². The highest BCUT2D eigenvalue weighted by atomic mass is 16.6. The molecule has 3 aliphatic rings. The van der Waals surface area contributed by atoms with E-state index in [0.717, 1.165) is 31.5 Å². The van der Waals surface area contributed by atoms with E-state index in [1.807, 2.05) is 0 Å². The van der Waals surface area contributed by atoms with E-state index in [-0.39, 0.29) is 47.4 Å². The highest BCUT2D eigenvalue weighted by molar-refractivity contribution is 6.05. The van der Waals surface area contributed by atoms with Crippen LogP contribution < -0.4 is 22.1 Å². The monoisotopic (exact) mass is 476 g/mol. The third kappa shape index (κ3) is 6.98. The Kier molecular flexibility index (Phi) is 9.47. The summed E-state index contributed by atoms with van der Waals surface area (Å²) in [5.74, 6) is -0.521. The summed E-state index contributed by atoms with van der Waals surface area (Å²) in [5.41, 5.74) is 13.2. The Morgan fingerprint density at radius 3 is 2.68 bits per heavy atom. The van der Waals surface area contributed by atoms with Gasteiger partial charge in [0.15, 0.2) is 0 Å². The summed E-state index contributed by atoms with van der Waals surface area (Å²) in [6.45, 7) is 11.3. The number of carbonyl (C=O) groups is 1. The first-order valence-corrected chi connectivity index (χ1v) is 12.8. The Labute approximate surface area is 204 Å². The van der Waals surface area contributed by atoms with Crippen molar-refractivity contribution < 1.29 is 14.3 Å². The number of rotatable bonds is 8. The highest BCUT2D eigenvalue weighted by Gasteiger charge is 2.39. The standard InChI is InChI=1S/C25H44N6O3/c1-15(2)22-16(6-9-26)5-8-25(3,4)11-18(30-22)21(23(27)28)24(32)31-19-12-29-10-7-20(19)34-17-13-33-14-17/h15-17,19-23,29H,5-8,10-14,27-28H2,1-4H3,(H,31,32). The van der Waals surface area contributed by atoms with E-state index in [2.05, 4.69) is 44.4 Å². The normalized spacial score (nSPS) is 31.1. The Morgan fingerprint density at radius 2 is 2.09 bits per heavy atom. The van der Waals surface area contributed by atoms with E-state index in [4.69, 9.17) is 25.9 Å². The lowest BCUT2D eigenvalue weighted by molar-refractivity contribution is -0.165. The number of amides is 1. The Bertz CT molecular complexity index is 758. The summed E-state index contributed by atoms with van der Waals surface area (Å²) in [5, 5.41) is 16.0. The first kappa shape index (κ1) is 27.0. The second-order valence-corrected chi connectivity index (χ2v) is 11.4. The molecular weight excluding hydrogens is 432 g/mol. The van der Waals surface area contributed by atoms with E-state index in [1.54, 1.807) is 0 Å². The molecule has 1 amide bonds. The lowest BCUT2D eigenvalue weighted by atomic mass is 9.73. The van der Waals surface area contributed by atoms with Gasteiger partial charge < -0.3 is 31.6 Å². The SMILES string of the molecule is CC(C)C1N=C(C(C(=O)NC2CNCCC2OC2COC2)C(N)N)CC(C)(C)CCC1CC#N. The molecule has 34 heavy (non-hydrogen) atoms. The molecule has 3 aliphatic heterocycles. The minimum absolute atomic E-state index is 0.0363. The summed E-state index contributed by atoms with van der Waals surface area (Å²) >= 11 is 0. The molecule has 2 fully saturated rings. The van der Waals surface area contributed by atoms with Crippen LogP contribution in [-0.4, -0.2) is 68.4 Å². The molecule has 3 heterocycles. The third-order valence-electron chi connectivity index (χ3n) is 7.43. The predicted molar refractivity (Wildman–Crippen MR) is 132 cm³/mol. The van der Waals surface area contributed by atoms with E-state index in [1.165, 1.54) is 0 Å². The quantitative estimate of drug-likeness (QED) is 0.386. The number of nitrogens with one attached hydrogen (secondary N) is 2. The number of hydrogen-bond acceptors (Lipinski definition) is 8. The molecule has 5 unspecified atom stereocenters. The topological polar surface area (TPSA) is 148 Å². The van der Waals surface area contributed by atoms with Crippen molar-refractivity contribution >= 4 is 11.6 Å². The van der Waals surface area contributed by atoms with Crippen molar-refractivity contribution in [2.45, 2.75) is 90.3 Å². The summed E-state index contributed by atoms with van der Waals surface area (Å²) in [6.07, 6.45) is 2.99. The molecule has 0 bridgehead atoms. The maximum Gasteiger partial charge on any atom is 0.232 e. The molecule has 0 radical (unpaired) electrons. The van der Waals surface area contributed by atoms with Crippen molar-refractivity contribution in [1.82, 2.24) is 10.6 Å². The van der Waals surface area contributed by atoms with Crippen molar-refractivity contribution in [3.8, 4) is 6.07 Å². The van der Waals surface area contributed by atoms with Crippen molar-refractivity contribution in [3.05, 3.63) is 0 Å². The smallest absolute Gasteiger partial charge is 0.232 e. The number of nitrogens with two attached hydrogens (primary N) is 2. The molecule has 6 N–H and O–H groups in total. The number of nitriles is 1. The van der Waals surface area contributed by atoms with Gasteiger partial charge in [0, 0.05) is 18.7 Å². The van der Waals surface area contributed by atoms with Crippen LogP contribution in [-0.2, 0) is 14.3 Å². The fourth-order valence-electron chi connectivity index (χ4n) is 5.39. The maximum atomic E-state index is 13.6. The molecule has 9 nitrogen and oxygen atoms in total. The van der Waals surface area contributed by atoms with Crippen LogP contribution >= 0.6 is 0 Å². The number of piperidine rings is 1. The van der Waals surface area contributed by atoms with Gasteiger partial charge in [-0.2, -0.15) is 5.26 Å². The molecule has 0 aromatic heterocycles. The zero-order valence-electron chi connectivity index (χ0n) is 21.3. The molecular formula is C25H44N6O3. The summed E-state index contributed by atoms with van der Waals surface area (Å²) in [6, 6.07) is 2.14. The van der Waals surface area contributed by atoms with E-state index >= 15 is 0 Å². The van der Waals surface area contributed by atoms with E-state index in [0.29, 0.717) is 32.6 Å². The lowest BCUT2D eigenvalue weighted by Crippen LogP contribution is -2.60. The average Bonchev–Trinajstić information content (AvgIpc) is 2.71. The zero-order valence-corrected chi connectivity index (χ0v) is 21.3. The molecule has 0 aromatic carbocycles. The van der Waals surface area contributed by atoms with Gasteiger partial charge in [-0.1, -0.05) is 27.7 Å². The predicted octanol–water partition coefficient (Wildman–Crippen LogP) is 1.31. The Balaban J connectivity index is 1.84. The molecule has 0 aliphatic carbocycles. The van der Waals surface area contributed by atoms with Gasteiger partial charge >= 0.3 is 0 Å². The summed E-state index contributed by atoms with van der Waals surface area (Å²) < 4.78 is 11.4. The average molecular weight is 477 g/mol. The van der Waals surface area contributed by atoms with Gasteiger partial charge in [0.05, 0.1) is 43.6 Å². The zero-order chi connectivity index (χ0) is 24.9. The van der Waals surface area contributed by atoms with Crippen LogP contribution in [0.3, 0.4) is 0 Å². The number of nitrogens with zero attached hydrogens (tertiary/aromatic N) is 2. The third-order valence-corrected chi connectivity index (χ3v) is 7.43. The first-order valence-electron chi connectivity index (χ1n) is 12.8. The molecule has 3 rings (SSSR count). The van der Waals surface area contributed by atoms with Gasteiger partial charge in [0.2, 0.25) is 5.91 Å². The number of hydrogen-bond donors (Lipinski definition) is 4. The van der Waals surface area contributed by atoms with E-state index < -0.39 is 12.1 Å². The molecule has 9 heteroatoms. The van der Waals surface area contributed by atoms with E-state index in [9.17, 15) is 10.1 Å². The van der Waals surface area contributed by atoms with Gasteiger partial charge in [0.25, 0.3) is 0 Å². The Morgan fingerprint density at radius 1 is 1.35 bits per heavy atom. The van der Waals surface area contributed by atoms with Crippen LogP contribution in [0.2, 0.25) is 0 Å². The van der Waals surface area contributed by atoms with Gasteiger partial charge in [-0.15, -0.1) is 0 Å². The minimum atomic E-state index is -0.868. The summed E-state index contributed by atoms with van der Waals surface area (Å²) in [7, 11) is 0. The number of ether oxygens (including phenoxy) is 2. The molecule has 2 saturated heterocycles. The van der Waals surface area contributed by atoms with Crippen LogP contribution in [0.1, 0.15) is 59.8 Å². The van der Waals surface area contributed by atoms with Crippen LogP contribution in [0.25, 0.3) is 0 Å². The van der Waals surface area contributed by atoms with Gasteiger partial charge in [-0.25, -0.2) is 0 Å². The van der Waals surface area contributed by atoms with Gasteiger partial charge in [0.1, 0.15) is 12.0 Å². The fourth-order valence-corrected chi connectivity index (χ4v) is 5.39. The molecule has 192 valence electrons.